The van der Waals surface area contributed by atoms with Crippen LogP contribution in [0.2, 0.25) is 0 Å². The fraction of sp³-hybridized carbons (Fsp3) is 0.208. The molecule has 0 spiro atoms. The lowest BCUT2D eigenvalue weighted by Crippen LogP contribution is -2.18. The smallest absolute Gasteiger partial charge is 0.310 e. The monoisotopic (exact) mass is 389 g/mol. The molecule has 0 saturated heterocycles. The van der Waals surface area contributed by atoms with Gasteiger partial charge in [-0.15, -0.1) is 0 Å². The molecule has 1 N–H and O–H groups in total. The second-order valence-corrected chi connectivity index (χ2v) is 7.16. The summed E-state index contributed by atoms with van der Waals surface area (Å²) in [6.07, 6.45) is 0.109. The van der Waals surface area contributed by atoms with Crippen LogP contribution in [0.3, 0.4) is 0 Å². The predicted octanol–water partition coefficient (Wildman–Crippen LogP) is 4.40. The lowest BCUT2D eigenvalue weighted by Gasteiger charge is -2.09. The predicted molar refractivity (Wildman–Crippen MR) is 113 cm³/mol. The number of hydrogen-bond acceptors (Lipinski definition) is 4. The third kappa shape index (κ3) is 5.51. The lowest BCUT2D eigenvalue weighted by molar-refractivity contribution is -0.141. The number of ketones is 1. The first-order valence-corrected chi connectivity index (χ1v) is 9.50. The topological polar surface area (TPSA) is 72.5 Å². The maximum absolute atomic E-state index is 12.3. The molecule has 0 aliphatic carbocycles. The van der Waals surface area contributed by atoms with Gasteiger partial charge in [0.1, 0.15) is 0 Å². The molecule has 3 rings (SSSR count). The van der Waals surface area contributed by atoms with Crippen molar-refractivity contribution in [1.29, 1.82) is 0 Å². The first kappa shape index (κ1) is 20.3. The Hall–Kier alpha value is -3.47. The largest absolute Gasteiger partial charge is 0.457 e. The highest BCUT2D eigenvalue weighted by Crippen LogP contribution is 2.16. The van der Waals surface area contributed by atoms with E-state index in [1.54, 1.807) is 38.1 Å². The van der Waals surface area contributed by atoms with Gasteiger partial charge in [0.05, 0.1) is 6.42 Å². The van der Waals surface area contributed by atoms with Gasteiger partial charge in [0.25, 0.3) is 0 Å². The molecular formula is C24H23NO4. The van der Waals surface area contributed by atoms with Crippen LogP contribution in [0.15, 0.2) is 66.7 Å². The molecule has 0 heterocycles. The van der Waals surface area contributed by atoms with Crippen molar-refractivity contribution in [2.75, 3.05) is 11.9 Å². The second kappa shape index (κ2) is 9.15. The second-order valence-electron chi connectivity index (χ2n) is 7.16. The van der Waals surface area contributed by atoms with Gasteiger partial charge < -0.3 is 10.1 Å². The van der Waals surface area contributed by atoms with E-state index in [1.165, 1.54) is 0 Å². The van der Waals surface area contributed by atoms with Crippen molar-refractivity contribution >= 4 is 34.1 Å². The molecule has 3 aromatic carbocycles. The SMILES string of the molecule is CC(C)C(=O)Nc1ccc(C(=O)COC(=O)Cc2ccc3ccccc3c2)cc1. The van der Waals surface area contributed by atoms with Crippen LogP contribution in [-0.4, -0.2) is 24.3 Å². The molecule has 0 fully saturated rings. The van der Waals surface area contributed by atoms with Crippen molar-refractivity contribution in [3.63, 3.8) is 0 Å². The van der Waals surface area contributed by atoms with Gasteiger partial charge in [-0.3, -0.25) is 14.4 Å². The average Bonchev–Trinajstić information content (AvgIpc) is 2.72. The number of fused-ring (bicyclic) bond motifs is 1. The van der Waals surface area contributed by atoms with Gasteiger partial charge in [0, 0.05) is 17.2 Å². The molecule has 29 heavy (non-hydrogen) atoms. The molecule has 3 aromatic rings. The molecule has 0 bridgehead atoms. The highest BCUT2D eigenvalue weighted by molar-refractivity contribution is 5.99. The van der Waals surface area contributed by atoms with Crippen LogP contribution in [0.1, 0.15) is 29.8 Å². The van der Waals surface area contributed by atoms with E-state index in [9.17, 15) is 14.4 Å². The Morgan fingerprint density at radius 1 is 0.897 bits per heavy atom. The van der Waals surface area contributed by atoms with Crippen molar-refractivity contribution in [2.24, 2.45) is 5.92 Å². The highest BCUT2D eigenvalue weighted by Gasteiger charge is 2.12. The normalized spacial score (nSPS) is 10.7. The summed E-state index contributed by atoms with van der Waals surface area (Å²) in [6.45, 7) is 3.29. The van der Waals surface area contributed by atoms with Gasteiger partial charge in [0.2, 0.25) is 5.91 Å². The average molecular weight is 389 g/mol. The zero-order valence-electron chi connectivity index (χ0n) is 16.5. The summed E-state index contributed by atoms with van der Waals surface area (Å²) >= 11 is 0. The number of rotatable bonds is 7. The molecule has 0 aliphatic heterocycles. The maximum Gasteiger partial charge on any atom is 0.310 e. The molecule has 0 atom stereocenters. The van der Waals surface area contributed by atoms with Crippen LogP contribution in [-0.2, 0) is 20.7 Å². The molecule has 0 unspecified atom stereocenters. The minimum absolute atomic E-state index is 0.0910. The van der Waals surface area contributed by atoms with Crippen molar-refractivity contribution in [2.45, 2.75) is 20.3 Å². The standard InChI is InChI=1S/C24H23NO4/c1-16(2)24(28)25-21-11-9-19(10-12-21)22(26)15-29-23(27)14-17-7-8-18-5-3-4-6-20(18)13-17/h3-13,16H,14-15H2,1-2H3,(H,25,28). The Kier molecular flexibility index (Phi) is 6.39. The van der Waals surface area contributed by atoms with Crippen molar-refractivity contribution < 1.29 is 19.1 Å². The Morgan fingerprint density at radius 3 is 2.28 bits per heavy atom. The number of nitrogens with one attached hydrogen (secondary N) is 1. The third-order valence-electron chi connectivity index (χ3n) is 4.53. The summed E-state index contributed by atoms with van der Waals surface area (Å²) in [5.74, 6) is -0.960. The van der Waals surface area contributed by atoms with Gasteiger partial charge >= 0.3 is 5.97 Å². The zero-order chi connectivity index (χ0) is 20.8. The van der Waals surface area contributed by atoms with E-state index in [1.807, 2.05) is 42.5 Å². The van der Waals surface area contributed by atoms with E-state index in [0.29, 0.717) is 11.3 Å². The summed E-state index contributed by atoms with van der Waals surface area (Å²) in [5.41, 5.74) is 1.88. The number of carbonyl (C=O) groups excluding carboxylic acids is 3. The number of amides is 1. The number of benzene rings is 3. The number of carbonyl (C=O) groups is 3. The minimum Gasteiger partial charge on any atom is -0.457 e. The molecule has 0 aromatic heterocycles. The Labute approximate surface area is 169 Å². The zero-order valence-corrected chi connectivity index (χ0v) is 16.5. The summed E-state index contributed by atoms with van der Waals surface area (Å²) in [6, 6.07) is 20.2. The molecule has 5 heteroatoms. The molecule has 0 aliphatic rings. The number of esters is 1. The summed E-state index contributed by atoms with van der Waals surface area (Å²) in [7, 11) is 0. The van der Waals surface area contributed by atoms with Crippen molar-refractivity contribution in [3.8, 4) is 0 Å². The summed E-state index contributed by atoms with van der Waals surface area (Å²) < 4.78 is 5.14. The molecule has 0 radical (unpaired) electrons. The van der Waals surface area contributed by atoms with E-state index >= 15 is 0 Å². The van der Waals surface area contributed by atoms with Gasteiger partial charge in [-0.1, -0.05) is 56.3 Å². The highest BCUT2D eigenvalue weighted by atomic mass is 16.5. The number of hydrogen-bond donors (Lipinski definition) is 1. The fourth-order valence-corrected chi connectivity index (χ4v) is 2.82. The van der Waals surface area contributed by atoms with Gasteiger partial charge in [-0.2, -0.15) is 0 Å². The molecular weight excluding hydrogens is 366 g/mol. The van der Waals surface area contributed by atoms with Crippen LogP contribution < -0.4 is 5.32 Å². The van der Waals surface area contributed by atoms with Crippen molar-refractivity contribution in [3.05, 3.63) is 77.9 Å². The quantitative estimate of drug-likeness (QED) is 0.480. The van der Waals surface area contributed by atoms with Crippen LogP contribution in [0, 0.1) is 5.92 Å². The van der Waals surface area contributed by atoms with E-state index in [4.69, 9.17) is 4.74 Å². The molecule has 1 amide bonds. The van der Waals surface area contributed by atoms with E-state index < -0.39 is 5.97 Å². The Balaban J connectivity index is 1.52. The van der Waals surface area contributed by atoms with E-state index in [0.717, 1.165) is 16.3 Å². The Morgan fingerprint density at radius 2 is 1.59 bits per heavy atom. The van der Waals surface area contributed by atoms with E-state index in [2.05, 4.69) is 5.32 Å². The molecule has 5 nitrogen and oxygen atoms in total. The Bertz CT molecular complexity index is 1040. The third-order valence-corrected chi connectivity index (χ3v) is 4.53. The van der Waals surface area contributed by atoms with Gasteiger partial charge in [-0.05, 0) is 40.6 Å². The van der Waals surface area contributed by atoms with E-state index in [-0.39, 0.29) is 30.6 Å². The van der Waals surface area contributed by atoms with Crippen LogP contribution in [0.4, 0.5) is 5.69 Å². The van der Waals surface area contributed by atoms with Gasteiger partial charge in [-0.25, -0.2) is 0 Å². The lowest BCUT2D eigenvalue weighted by atomic mass is 10.1. The van der Waals surface area contributed by atoms with Crippen LogP contribution in [0.25, 0.3) is 10.8 Å². The van der Waals surface area contributed by atoms with Crippen LogP contribution in [0.5, 0.6) is 0 Å². The number of ether oxygens (including phenoxy) is 1. The summed E-state index contributed by atoms with van der Waals surface area (Å²) in [5, 5.41) is 4.92. The van der Waals surface area contributed by atoms with Gasteiger partial charge in [0.15, 0.2) is 12.4 Å². The molecule has 148 valence electrons. The van der Waals surface area contributed by atoms with Crippen LogP contribution >= 0.6 is 0 Å². The number of anilines is 1. The summed E-state index contributed by atoms with van der Waals surface area (Å²) in [4.78, 5) is 36.1. The van der Waals surface area contributed by atoms with Crippen molar-refractivity contribution in [1.82, 2.24) is 0 Å². The maximum atomic E-state index is 12.3. The first-order valence-electron chi connectivity index (χ1n) is 9.50. The molecule has 0 saturated carbocycles. The fourth-order valence-electron chi connectivity index (χ4n) is 2.82. The number of Topliss-reactive ketones (excluding diaryl/α,β-unsaturated/α-hetero) is 1. The minimum atomic E-state index is -0.450. The first-order chi connectivity index (χ1) is 13.9.